The lowest BCUT2D eigenvalue weighted by Gasteiger charge is -2.03. The van der Waals surface area contributed by atoms with E-state index in [9.17, 15) is 9.59 Å². The van der Waals surface area contributed by atoms with Crippen LogP contribution in [-0.2, 0) is 19.1 Å². The first-order valence-electron chi connectivity index (χ1n) is 10.1. The monoisotopic (exact) mass is 368 g/mol. The van der Waals surface area contributed by atoms with E-state index in [4.69, 9.17) is 9.47 Å². The van der Waals surface area contributed by atoms with Crippen molar-refractivity contribution in [3.8, 4) is 0 Å². The van der Waals surface area contributed by atoms with E-state index < -0.39 is 0 Å². The van der Waals surface area contributed by atoms with Crippen molar-refractivity contribution in [3.63, 3.8) is 0 Å². The number of carbonyl (C=O) groups excluding carboxylic acids is 2. The maximum Gasteiger partial charge on any atom is 0.330 e. The van der Waals surface area contributed by atoms with Gasteiger partial charge in [-0.25, -0.2) is 9.59 Å². The fourth-order valence-corrected chi connectivity index (χ4v) is 2.13. The van der Waals surface area contributed by atoms with Crippen LogP contribution in [0.4, 0.5) is 0 Å². The Kier molecular flexibility index (Phi) is 22.0. The molecule has 26 heavy (non-hydrogen) atoms. The smallest absolute Gasteiger partial charge is 0.330 e. The van der Waals surface area contributed by atoms with Crippen molar-refractivity contribution in [1.29, 1.82) is 0 Å². The molecule has 0 aromatic heterocycles. The summed E-state index contributed by atoms with van der Waals surface area (Å²) < 4.78 is 9.60. The fourth-order valence-electron chi connectivity index (χ4n) is 2.13. The first-order chi connectivity index (χ1) is 12.5. The third-order valence-corrected chi connectivity index (χ3v) is 3.63. The van der Waals surface area contributed by atoms with E-state index in [1.54, 1.807) is 0 Å². The van der Waals surface area contributed by atoms with Crippen LogP contribution in [0.2, 0.25) is 0 Å². The molecule has 0 heterocycles. The highest BCUT2D eigenvalue weighted by Gasteiger charge is 1.97. The van der Waals surface area contributed by atoms with E-state index in [2.05, 4.69) is 20.1 Å². The largest absolute Gasteiger partial charge is 0.463 e. The normalized spacial score (nSPS) is 9.85. The molecule has 0 rings (SSSR count). The second kappa shape index (κ2) is 21.5. The molecule has 0 amide bonds. The summed E-state index contributed by atoms with van der Waals surface area (Å²) >= 11 is 0. The molecule has 4 heteroatoms. The van der Waals surface area contributed by atoms with Crippen LogP contribution < -0.4 is 0 Å². The Morgan fingerprint density at radius 2 is 1.19 bits per heavy atom. The van der Waals surface area contributed by atoms with E-state index in [1.807, 2.05) is 13.8 Å². The van der Waals surface area contributed by atoms with Gasteiger partial charge in [-0.2, -0.15) is 0 Å². The summed E-state index contributed by atoms with van der Waals surface area (Å²) in [6.45, 7) is 13.9. The van der Waals surface area contributed by atoms with Crippen molar-refractivity contribution in [1.82, 2.24) is 0 Å². The minimum Gasteiger partial charge on any atom is -0.463 e. The summed E-state index contributed by atoms with van der Waals surface area (Å²) in [5, 5.41) is 0. The first kappa shape index (κ1) is 26.6. The van der Waals surface area contributed by atoms with Crippen molar-refractivity contribution in [2.45, 2.75) is 85.0 Å². The van der Waals surface area contributed by atoms with E-state index in [-0.39, 0.29) is 11.9 Å². The Bertz CT molecular complexity index is 361. The van der Waals surface area contributed by atoms with Gasteiger partial charge >= 0.3 is 11.9 Å². The van der Waals surface area contributed by atoms with Gasteiger partial charge in [0.25, 0.3) is 0 Å². The van der Waals surface area contributed by atoms with E-state index >= 15 is 0 Å². The first-order valence-corrected chi connectivity index (χ1v) is 10.1. The van der Waals surface area contributed by atoms with Crippen LogP contribution in [-0.4, -0.2) is 25.2 Å². The average Bonchev–Trinajstić information content (AvgIpc) is 2.64. The van der Waals surface area contributed by atoms with Crippen LogP contribution in [0.1, 0.15) is 85.0 Å². The van der Waals surface area contributed by atoms with Gasteiger partial charge in [-0.15, -0.1) is 0 Å². The summed E-state index contributed by atoms with van der Waals surface area (Å²) in [7, 11) is 0. The van der Waals surface area contributed by atoms with Crippen LogP contribution in [0.5, 0.6) is 0 Å². The summed E-state index contributed by atoms with van der Waals surface area (Å²) in [4.78, 5) is 21.1. The molecule has 0 N–H and O–H groups in total. The van der Waals surface area contributed by atoms with Gasteiger partial charge in [-0.3, -0.25) is 0 Å². The van der Waals surface area contributed by atoms with Gasteiger partial charge in [-0.05, 0) is 12.3 Å². The Morgan fingerprint density at radius 3 is 1.62 bits per heavy atom. The molecule has 0 aromatic rings. The molecule has 0 bridgehead atoms. The number of rotatable bonds is 15. The lowest BCUT2D eigenvalue weighted by atomic mass is 10.1. The molecule has 152 valence electrons. The molecule has 0 spiro atoms. The van der Waals surface area contributed by atoms with Crippen molar-refractivity contribution in [2.75, 3.05) is 13.2 Å². The van der Waals surface area contributed by atoms with Gasteiger partial charge in [0.05, 0.1) is 13.2 Å². The summed E-state index contributed by atoms with van der Waals surface area (Å²) in [6.07, 6.45) is 15.4. The number of hydrogen-bond donors (Lipinski definition) is 0. The highest BCUT2D eigenvalue weighted by molar-refractivity contribution is 5.81. The molecule has 0 aliphatic rings. The van der Waals surface area contributed by atoms with Crippen molar-refractivity contribution >= 4 is 11.9 Å². The lowest BCUT2D eigenvalue weighted by molar-refractivity contribution is -0.139. The third kappa shape index (κ3) is 24.7. The predicted octanol–water partition coefficient (Wildman–Crippen LogP) is 6.01. The molecular formula is C22H40O4. The highest BCUT2D eigenvalue weighted by atomic mass is 16.5. The van der Waals surface area contributed by atoms with Crippen LogP contribution in [0.15, 0.2) is 25.3 Å². The third-order valence-electron chi connectivity index (χ3n) is 3.63. The Balaban J connectivity index is 0. The zero-order valence-electron chi connectivity index (χ0n) is 17.3. The molecule has 0 atom stereocenters. The fraction of sp³-hybridized carbons (Fsp3) is 0.727. The van der Waals surface area contributed by atoms with Crippen LogP contribution >= 0.6 is 0 Å². The van der Waals surface area contributed by atoms with Crippen LogP contribution in [0.3, 0.4) is 0 Å². The molecule has 0 fully saturated rings. The summed E-state index contributed by atoms with van der Waals surface area (Å²) in [5.74, 6) is -0.251. The number of carbonyl (C=O) groups is 2. The van der Waals surface area contributed by atoms with Gasteiger partial charge in [-0.1, -0.05) is 91.7 Å². The van der Waals surface area contributed by atoms with Gasteiger partial charge in [0.15, 0.2) is 0 Å². The van der Waals surface area contributed by atoms with Crippen LogP contribution in [0.25, 0.3) is 0 Å². The molecule has 0 saturated heterocycles. The van der Waals surface area contributed by atoms with E-state index in [1.165, 1.54) is 69.9 Å². The number of hydrogen-bond acceptors (Lipinski definition) is 4. The average molecular weight is 369 g/mol. The molecule has 0 saturated carbocycles. The topological polar surface area (TPSA) is 52.6 Å². The minimum atomic E-state index is -0.344. The Morgan fingerprint density at radius 1 is 0.769 bits per heavy atom. The lowest BCUT2D eigenvalue weighted by Crippen LogP contribution is -2.06. The molecule has 0 aliphatic heterocycles. The van der Waals surface area contributed by atoms with Crippen molar-refractivity contribution in [3.05, 3.63) is 25.3 Å². The van der Waals surface area contributed by atoms with Crippen molar-refractivity contribution < 1.29 is 19.1 Å². The molecular weight excluding hydrogens is 328 g/mol. The molecule has 4 nitrogen and oxygen atoms in total. The second-order valence-corrected chi connectivity index (χ2v) is 6.78. The van der Waals surface area contributed by atoms with E-state index in [0.717, 1.165) is 6.42 Å². The molecule has 0 aromatic carbocycles. The summed E-state index contributed by atoms with van der Waals surface area (Å²) in [6, 6.07) is 0. The molecule has 0 radical (unpaired) electrons. The number of esters is 2. The van der Waals surface area contributed by atoms with Gasteiger partial charge in [0.2, 0.25) is 0 Å². The maximum absolute atomic E-state index is 10.7. The molecule has 0 aliphatic carbocycles. The second-order valence-electron chi connectivity index (χ2n) is 6.78. The molecule has 0 unspecified atom stereocenters. The SMILES string of the molecule is C=CC(=O)OCC(C)C.C=CC(=O)OCCCCCCCCCCCC. The number of unbranched alkanes of at least 4 members (excludes halogenated alkanes) is 9. The van der Waals surface area contributed by atoms with Gasteiger partial charge < -0.3 is 9.47 Å². The quantitative estimate of drug-likeness (QED) is 0.202. The Labute approximate surface area is 161 Å². The minimum absolute atomic E-state index is 0.305. The van der Waals surface area contributed by atoms with Crippen LogP contribution in [0, 0.1) is 5.92 Å². The van der Waals surface area contributed by atoms with Gasteiger partial charge in [0, 0.05) is 12.2 Å². The highest BCUT2D eigenvalue weighted by Crippen LogP contribution is 2.10. The Hall–Kier alpha value is -1.58. The number of ether oxygens (including phenoxy) is 2. The van der Waals surface area contributed by atoms with E-state index in [0.29, 0.717) is 19.1 Å². The summed E-state index contributed by atoms with van der Waals surface area (Å²) in [5.41, 5.74) is 0. The van der Waals surface area contributed by atoms with Gasteiger partial charge in [0.1, 0.15) is 0 Å². The van der Waals surface area contributed by atoms with Crippen molar-refractivity contribution in [2.24, 2.45) is 5.92 Å². The zero-order chi connectivity index (χ0) is 20.0. The standard InChI is InChI=1S/C15H28O2.C7H12O2/c1-3-5-6-7-8-9-10-11-12-13-14-17-15(16)4-2;1-4-7(8)9-5-6(2)3/h4H,2-3,5-14H2,1H3;4,6H,1,5H2,2-3H3. The predicted molar refractivity (Wildman–Crippen MR) is 109 cm³/mol. The zero-order valence-corrected chi connectivity index (χ0v) is 17.3. The maximum atomic E-state index is 10.7.